The number of hydrogen-bond donors (Lipinski definition) is 0. The molecule has 0 saturated carbocycles. The Balaban J connectivity index is 1.74. The molecule has 0 N–H and O–H groups in total. The van der Waals surface area contributed by atoms with Crippen molar-refractivity contribution in [3.05, 3.63) is 60.0 Å². The predicted octanol–water partition coefficient (Wildman–Crippen LogP) is 3.55. The molecule has 3 heterocycles. The van der Waals surface area contributed by atoms with E-state index < -0.39 is 0 Å². The Morgan fingerprint density at radius 1 is 1.19 bits per heavy atom. The average Bonchev–Trinajstić information content (AvgIpc) is 3.26. The van der Waals surface area contributed by atoms with E-state index in [0.717, 1.165) is 21.6 Å². The van der Waals surface area contributed by atoms with Gasteiger partial charge in [-0.15, -0.1) is 0 Å². The fourth-order valence-corrected chi connectivity index (χ4v) is 3.82. The van der Waals surface area contributed by atoms with Gasteiger partial charge >= 0.3 is 0 Å². The maximum Gasteiger partial charge on any atom is 0.280 e. The number of thiazole rings is 1. The molecule has 1 aromatic carbocycles. The molecule has 0 atom stereocenters. The normalized spacial score (nSPS) is 11.3. The number of anilines is 1. The van der Waals surface area contributed by atoms with E-state index in [1.165, 1.54) is 11.3 Å². The van der Waals surface area contributed by atoms with Crippen LogP contribution in [0.4, 0.5) is 5.13 Å². The van der Waals surface area contributed by atoms with Gasteiger partial charge in [0.1, 0.15) is 11.3 Å². The molecule has 3 aromatic heterocycles. The number of imidazole rings is 1. The van der Waals surface area contributed by atoms with E-state index in [9.17, 15) is 4.79 Å². The van der Waals surface area contributed by atoms with Crippen LogP contribution in [0, 0.1) is 6.92 Å². The van der Waals surface area contributed by atoms with Crippen LogP contribution in [0.2, 0.25) is 0 Å². The predicted molar refractivity (Wildman–Crippen MR) is 103 cm³/mol. The van der Waals surface area contributed by atoms with E-state index in [2.05, 4.69) is 9.97 Å². The molecule has 4 rings (SSSR count). The lowest BCUT2D eigenvalue weighted by atomic mass is 10.3. The molecular weight excluding hydrogens is 348 g/mol. The minimum atomic E-state index is -0.177. The largest absolute Gasteiger partial charge is 0.383 e. The van der Waals surface area contributed by atoms with E-state index in [1.807, 2.05) is 53.8 Å². The van der Waals surface area contributed by atoms with Crippen molar-refractivity contribution in [2.45, 2.75) is 6.92 Å². The molecule has 0 aliphatic rings. The lowest BCUT2D eigenvalue weighted by Gasteiger charge is -2.18. The summed E-state index contributed by atoms with van der Waals surface area (Å²) in [5, 5.41) is 0.655. The highest BCUT2D eigenvalue weighted by molar-refractivity contribution is 7.22. The molecule has 26 heavy (non-hydrogen) atoms. The SMILES string of the molecule is COCCN(C(=O)c1cn2c(C)cccc2n1)c1nc2ccccc2s1. The van der Waals surface area contributed by atoms with Crippen molar-refractivity contribution in [3.63, 3.8) is 0 Å². The molecule has 0 bridgehead atoms. The molecule has 4 aromatic rings. The number of pyridine rings is 1. The second-order valence-electron chi connectivity index (χ2n) is 5.94. The van der Waals surface area contributed by atoms with Gasteiger partial charge in [-0.05, 0) is 31.2 Å². The van der Waals surface area contributed by atoms with Gasteiger partial charge < -0.3 is 9.14 Å². The smallest absolute Gasteiger partial charge is 0.280 e. The third-order valence-corrected chi connectivity index (χ3v) is 5.25. The first-order valence-corrected chi connectivity index (χ1v) is 9.10. The number of aryl methyl sites for hydroxylation is 1. The fraction of sp³-hybridized carbons (Fsp3) is 0.211. The quantitative estimate of drug-likeness (QED) is 0.542. The third-order valence-electron chi connectivity index (χ3n) is 4.19. The second-order valence-corrected chi connectivity index (χ2v) is 6.94. The molecule has 1 amide bonds. The zero-order valence-corrected chi connectivity index (χ0v) is 15.4. The molecule has 0 aliphatic heterocycles. The summed E-state index contributed by atoms with van der Waals surface area (Å²) in [6.45, 7) is 2.83. The van der Waals surface area contributed by atoms with E-state index in [4.69, 9.17) is 4.74 Å². The zero-order valence-electron chi connectivity index (χ0n) is 14.5. The van der Waals surface area contributed by atoms with Gasteiger partial charge in [0, 0.05) is 19.0 Å². The summed E-state index contributed by atoms with van der Waals surface area (Å²) in [5.74, 6) is -0.177. The molecule has 132 valence electrons. The van der Waals surface area contributed by atoms with Crippen LogP contribution in [0.3, 0.4) is 0 Å². The summed E-state index contributed by atoms with van der Waals surface area (Å²) in [4.78, 5) is 23.9. The first kappa shape index (κ1) is 16.7. The Hall–Kier alpha value is -2.77. The highest BCUT2D eigenvalue weighted by atomic mass is 32.1. The Morgan fingerprint density at radius 2 is 2.04 bits per heavy atom. The van der Waals surface area contributed by atoms with Gasteiger partial charge in [-0.25, -0.2) is 9.97 Å². The molecule has 6 nitrogen and oxygen atoms in total. The maximum absolute atomic E-state index is 13.2. The topological polar surface area (TPSA) is 59.7 Å². The summed E-state index contributed by atoms with van der Waals surface area (Å²) >= 11 is 1.49. The van der Waals surface area contributed by atoms with Crippen molar-refractivity contribution in [2.75, 3.05) is 25.2 Å². The Kier molecular flexibility index (Phi) is 4.40. The molecule has 0 radical (unpaired) electrons. The number of ether oxygens (including phenoxy) is 1. The van der Waals surface area contributed by atoms with Crippen molar-refractivity contribution >= 4 is 38.2 Å². The van der Waals surface area contributed by atoms with Crippen LogP contribution < -0.4 is 4.90 Å². The van der Waals surface area contributed by atoms with Crippen molar-refractivity contribution < 1.29 is 9.53 Å². The zero-order chi connectivity index (χ0) is 18.1. The highest BCUT2D eigenvalue weighted by Gasteiger charge is 2.23. The van der Waals surface area contributed by atoms with E-state index in [-0.39, 0.29) is 5.91 Å². The number of benzene rings is 1. The molecule has 7 heteroatoms. The van der Waals surface area contributed by atoms with Crippen molar-refractivity contribution in [2.24, 2.45) is 0 Å². The van der Waals surface area contributed by atoms with Crippen LogP contribution in [0.25, 0.3) is 15.9 Å². The summed E-state index contributed by atoms with van der Waals surface area (Å²) in [7, 11) is 1.62. The Labute approximate surface area is 154 Å². The maximum atomic E-state index is 13.2. The fourth-order valence-electron chi connectivity index (χ4n) is 2.83. The van der Waals surface area contributed by atoms with Gasteiger partial charge in [0.25, 0.3) is 5.91 Å². The van der Waals surface area contributed by atoms with E-state index >= 15 is 0 Å². The van der Waals surface area contributed by atoms with E-state index in [1.54, 1.807) is 18.2 Å². The minimum Gasteiger partial charge on any atom is -0.383 e. The Morgan fingerprint density at radius 3 is 2.81 bits per heavy atom. The van der Waals surface area contributed by atoms with Crippen LogP contribution in [-0.2, 0) is 4.74 Å². The van der Waals surface area contributed by atoms with Crippen LogP contribution in [0.1, 0.15) is 16.2 Å². The number of amides is 1. The first-order valence-electron chi connectivity index (χ1n) is 8.28. The minimum absolute atomic E-state index is 0.177. The lowest BCUT2D eigenvalue weighted by molar-refractivity contribution is 0.0971. The molecule has 0 spiro atoms. The second kappa shape index (κ2) is 6.86. The van der Waals surface area contributed by atoms with Crippen molar-refractivity contribution in [1.82, 2.24) is 14.4 Å². The number of carbonyl (C=O) groups is 1. The number of carbonyl (C=O) groups excluding carboxylic acids is 1. The van der Waals surface area contributed by atoms with Crippen LogP contribution >= 0.6 is 11.3 Å². The summed E-state index contributed by atoms with van der Waals surface area (Å²) in [6.07, 6.45) is 1.78. The standard InChI is InChI=1S/C19H18N4O2S/c1-13-6-5-9-17-20-15(12-23(13)17)18(24)22(10-11-25-2)19-21-14-7-3-4-8-16(14)26-19/h3-9,12H,10-11H2,1-2H3. The molecule has 0 fully saturated rings. The molecule has 0 aliphatic carbocycles. The number of nitrogens with zero attached hydrogens (tertiary/aromatic N) is 4. The summed E-state index contributed by atoms with van der Waals surface area (Å²) < 4.78 is 8.15. The summed E-state index contributed by atoms with van der Waals surface area (Å²) in [6, 6.07) is 13.7. The van der Waals surface area contributed by atoms with Crippen molar-refractivity contribution in [1.29, 1.82) is 0 Å². The summed E-state index contributed by atoms with van der Waals surface area (Å²) in [5.41, 5.74) is 3.06. The average molecular weight is 366 g/mol. The van der Waals surface area contributed by atoms with Gasteiger partial charge in [-0.2, -0.15) is 0 Å². The van der Waals surface area contributed by atoms with Gasteiger partial charge in [0.15, 0.2) is 5.13 Å². The Bertz CT molecular complexity index is 1050. The first-order chi connectivity index (χ1) is 12.7. The van der Waals surface area contributed by atoms with Crippen molar-refractivity contribution in [3.8, 4) is 0 Å². The monoisotopic (exact) mass is 366 g/mol. The van der Waals surface area contributed by atoms with E-state index in [0.29, 0.717) is 24.0 Å². The van der Waals surface area contributed by atoms with Crippen LogP contribution in [-0.4, -0.2) is 40.5 Å². The third kappa shape index (κ3) is 2.95. The van der Waals surface area contributed by atoms with Gasteiger partial charge in [-0.1, -0.05) is 29.5 Å². The number of aromatic nitrogens is 3. The molecule has 0 saturated heterocycles. The molecular formula is C19H18N4O2S. The van der Waals surface area contributed by atoms with Crippen LogP contribution in [0.5, 0.6) is 0 Å². The number of methoxy groups -OCH3 is 1. The van der Waals surface area contributed by atoms with Crippen LogP contribution in [0.15, 0.2) is 48.7 Å². The molecule has 0 unspecified atom stereocenters. The van der Waals surface area contributed by atoms with Gasteiger partial charge in [-0.3, -0.25) is 9.69 Å². The lowest BCUT2D eigenvalue weighted by Crippen LogP contribution is -2.34. The number of fused-ring (bicyclic) bond motifs is 2. The van der Waals surface area contributed by atoms with Gasteiger partial charge in [0.2, 0.25) is 0 Å². The highest BCUT2D eigenvalue weighted by Crippen LogP contribution is 2.29. The van der Waals surface area contributed by atoms with Gasteiger partial charge in [0.05, 0.1) is 23.4 Å². The number of rotatable bonds is 5. The number of hydrogen-bond acceptors (Lipinski definition) is 5. The number of para-hydroxylation sites is 1.